The molecule has 0 spiro atoms. The number of phenols is 1. The molecule has 2 aromatic rings. The second-order valence-electron chi connectivity index (χ2n) is 9.84. The molecule has 1 aliphatic carbocycles. The molecule has 7 N–H and O–H groups in total. The van der Waals surface area contributed by atoms with Crippen molar-refractivity contribution in [1.29, 1.82) is 0 Å². The van der Waals surface area contributed by atoms with Gasteiger partial charge in [0, 0.05) is 43.0 Å². The van der Waals surface area contributed by atoms with Gasteiger partial charge in [0.05, 0.1) is 6.54 Å². The van der Waals surface area contributed by atoms with Crippen LogP contribution >= 0.6 is 0 Å². The molecule has 1 aliphatic rings. The maximum Gasteiger partial charge on any atom is 0.244 e. The normalized spacial score (nSPS) is 13.8. The van der Waals surface area contributed by atoms with Crippen LogP contribution in [0.15, 0.2) is 53.7 Å². The number of aryl methyl sites for hydroxylation is 1. The third kappa shape index (κ3) is 11.6. The minimum absolute atomic E-state index is 0.212. The smallest absolute Gasteiger partial charge is 0.244 e. The number of nitrogens with one attached hydrogen (secondary N) is 2. The van der Waals surface area contributed by atoms with Gasteiger partial charge in [-0.3, -0.25) is 9.59 Å². The lowest BCUT2D eigenvalue weighted by Gasteiger charge is -2.29. The Morgan fingerprint density at radius 3 is 2.44 bits per heavy atom. The standard InChI is InChI=1S/C23H28N4O2.C6H15N.CH3NO/c1-14-5-6-18(23(24)26-16(3)28)12-22(14)25-13-15(2)27(4)20-9-17-7-8-21(29)11-19(17)10-20;1-4-5-7-6(2)3;2-1-3/h5-8,11-12,20,25,29H,2,9-10,13H2,1,3-4H3,(H2,24,26,28);6-7H,4-5H2,1-3H3;1H,(H2,2,3). The molecule has 0 heterocycles. The van der Waals surface area contributed by atoms with E-state index in [9.17, 15) is 9.90 Å². The number of rotatable bonds is 9. The van der Waals surface area contributed by atoms with Crippen molar-refractivity contribution in [2.45, 2.75) is 66.0 Å². The van der Waals surface area contributed by atoms with E-state index in [1.54, 1.807) is 6.07 Å². The molecule has 0 aromatic heterocycles. The van der Waals surface area contributed by atoms with Crippen LogP contribution in [0.2, 0.25) is 0 Å². The number of aromatic hydroxyl groups is 1. The maximum absolute atomic E-state index is 11.2. The number of primary amides is 1. The van der Waals surface area contributed by atoms with E-state index in [0.29, 0.717) is 29.9 Å². The molecule has 0 saturated heterocycles. The summed E-state index contributed by atoms with van der Waals surface area (Å²) < 4.78 is 0. The van der Waals surface area contributed by atoms with E-state index in [-0.39, 0.29) is 18.2 Å². The molecule has 0 aliphatic heterocycles. The summed E-state index contributed by atoms with van der Waals surface area (Å²) in [7, 11) is 2.06. The molecular formula is C30H46N6O3. The van der Waals surface area contributed by atoms with Crippen LogP contribution in [0.1, 0.15) is 56.4 Å². The van der Waals surface area contributed by atoms with E-state index in [4.69, 9.17) is 10.5 Å². The quantitative estimate of drug-likeness (QED) is 0.187. The molecule has 39 heavy (non-hydrogen) atoms. The number of carbonyl (C=O) groups is 2. The number of anilines is 1. The molecule has 0 saturated carbocycles. The van der Waals surface area contributed by atoms with Crippen molar-refractivity contribution >= 4 is 23.8 Å². The summed E-state index contributed by atoms with van der Waals surface area (Å²) in [4.78, 5) is 25.8. The van der Waals surface area contributed by atoms with Gasteiger partial charge in [-0.15, -0.1) is 0 Å². The molecule has 1 unspecified atom stereocenters. The third-order valence-corrected chi connectivity index (χ3v) is 6.24. The van der Waals surface area contributed by atoms with Crippen LogP contribution < -0.4 is 22.1 Å². The maximum atomic E-state index is 11.2. The number of amidine groups is 1. The first-order chi connectivity index (χ1) is 18.4. The molecule has 9 nitrogen and oxygen atoms in total. The lowest BCUT2D eigenvalue weighted by Crippen LogP contribution is -2.33. The molecule has 0 radical (unpaired) electrons. The molecule has 2 aromatic carbocycles. The lowest BCUT2D eigenvalue weighted by atomic mass is 10.1. The van der Waals surface area contributed by atoms with E-state index in [0.717, 1.165) is 36.3 Å². The van der Waals surface area contributed by atoms with Gasteiger partial charge < -0.3 is 32.1 Å². The Kier molecular flexibility index (Phi) is 14.4. The second kappa shape index (κ2) is 16.9. The summed E-state index contributed by atoms with van der Waals surface area (Å²) in [6.07, 6.45) is 3.32. The average molecular weight is 539 g/mol. The SMILES string of the molecule is C=C(CNc1cc(C(N)=NC(C)=O)ccc1C)N(C)C1Cc2ccc(O)cc2C1.CCCNC(C)C.NC=O. The van der Waals surface area contributed by atoms with Gasteiger partial charge in [0.1, 0.15) is 11.6 Å². The minimum atomic E-state index is -0.321. The number of nitrogens with zero attached hydrogens (tertiary/aromatic N) is 2. The first-order valence-electron chi connectivity index (χ1n) is 13.2. The van der Waals surface area contributed by atoms with Gasteiger partial charge in [0.2, 0.25) is 12.3 Å². The number of nitrogens with two attached hydrogens (primary N) is 2. The zero-order valence-corrected chi connectivity index (χ0v) is 24.3. The van der Waals surface area contributed by atoms with Crippen molar-refractivity contribution in [2.75, 3.05) is 25.5 Å². The van der Waals surface area contributed by atoms with Crippen LogP contribution in [0.25, 0.3) is 0 Å². The minimum Gasteiger partial charge on any atom is -0.508 e. The van der Waals surface area contributed by atoms with Gasteiger partial charge in [-0.05, 0) is 67.6 Å². The van der Waals surface area contributed by atoms with Crippen LogP contribution in [0.3, 0.4) is 0 Å². The van der Waals surface area contributed by atoms with Gasteiger partial charge in [0.15, 0.2) is 0 Å². The van der Waals surface area contributed by atoms with Crippen molar-refractivity contribution in [2.24, 2.45) is 16.5 Å². The Balaban J connectivity index is 0.000000652. The molecule has 9 heteroatoms. The summed E-state index contributed by atoms with van der Waals surface area (Å²) in [5.41, 5.74) is 16.2. The Bertz CT molecular complexity index is 1130. The van der Waals surface area contributed by atoms with Crippen LogP contribution in [0, 0.1) is 6.92 Å². The first kappa shape index (κ1) is 33.2. The Morgan fingerprint density at radius 2 is 1.87 bits per heavy atom. The predicted octanol–water partition coefficient (Wildman–Crippen LogP) is 3.47. The largest absolute Gasteiger partial charge is 0.508 e. The number of likely N-dealkylation sites (N-methyl/N-ethyl adjacent to an activating group) is 1. The molecular weight excluding hydrogens is 492 g/mol. The molecule has 2 amide bonds. The average Bonchev–Trinajstić information content (AvgIpc) is 3.30. The third-order valence-electron chi connectivity index (χ3n) is 6.24. The van der Waals surface area contributed by atoms with Crippen molar-refractivity contribution in [1.82, 2.24) is 10.2 Å². The summed E-state index contributed by atoms with van der Waals surface area (Å²) in [6.45, 7) is 15.9. The van der Waals surface area contributed by atoms with Crippen molar-refractivity contribution in [3.8, 4) is 5.75 Å². The van der Waals surface area contributed by atoms with Crippen LogP contribution in [0.4, 0.5) is 5.69 Å². The second-order valence-corrected chi connectivity index (χ2v) is 9.84. The lowest BCUT2D eigenvalue weighted by molar-refractivity contribution is -0.115. The fourth-order valence-electron chi connectivity index (χ4n) is 4.07. The van der Waals surface area contributed by atoms with Crippen LogP contribution in [0.5, 0.6) is 5.75 Å². The fourth-order valence-corrected chi connectivity index (χ4v) is 4.07. The number of amides is 2. The summed E-state index contributed by atoms with van der Waals surface area (Å²) >= 11 is 0. The van der Waals surface area contributed by atoms with Crippen molar-refractivity contribution in [3.05, 3.63) is 70.9 Å². The number of benzene rings is 2. The highest BCUT2D eigenvalue weighted by atomic mass is 16.3. The van der Waals surface area contributed by atoms with Gasteiger partial charge in [-0.1, -0.05) is 45.5 Å². The van der Waals surface area contributed by atoms with E-state index >= 15 is 0 Å². The number of aliphatic imine (C=N–C) groups is 1. The predicted molar refractivity (Wildman–Crippen MR) is 161 cm³/mol. The molecule has 1 atom stereocenters. The monoisotopic (exact) mass is 538 g/mol. The number of hydrogen-bond acceptors (Lipinski definition) is 6. The number of fused-ring (bicyclic) bond motifs is 1. The fraction of sp³-hybridized carbons (Fsp3) is 0.433. The first-order valence-corrected chi connectivity index (χ1v) is 13.2. The Labute approximate surface area is 233 Å². The van der Waals surface area contributed by atoms with Crippen molar-refractivity contribution in [3.63, 3.8) is 0 Å². The number of phenolic OH excluding ortho intramolecular Hbond substituents is 1. The van der Waals surface area contributed by atoms with Gasteiger partial charge in [0.25, 0.3) is 0 Å². The Morgan fingerprint density at radius 1 is 1.23 bits per heavy atom. The summed E-state index contributed by atoms with van der Waals surface area (Å²) in [6, 6.07) is 12.3. The number of carbonyl (C=O) groups excluding carboxylic acids is 2. The molecule has 0 fully saturated rings. The van der Waals surface area contributed by atoms with Crippen LogP contribution in [-0.2, 0) is 22.4 Å². The number of hydrogen-bond donors (Lipinski definition) is 5. The summed E-state index contributed by atoms with van der Waals surface area (Å²) in [5.74, 6) is 0.206. The molecule has 214 valence electrons. The topological polar surface area (TPSA) is 146 Å². The van der Waals surface area contributed by atoms with Gasteiger partial charge >= 0.3 is 0 Å². The Hall–Kier alpha value is -3.85. The highest BCUT2D eigenvalue weighted by Crippen LogP contribution is 2.29. The van der Waals surface area contributed by atoms with Crippen LogP contribution in [-0.4, -0.2) is 60.4 Å². The van der Waals surface area contributed by atoms with Gasteiger partial charge in [-0.2, -0.15) is 4.99 Å². The highest BCUT2D eigenvalue weighted by molar-refractivity contribution is 6.04. The van der Waals surface area contributed by atoms with E-state index in [1.165, 1.54) is 24.5 Å². The highest BCUT2D eigenvalue weighted by Gasteiger charge is 2.25. The van der Waals surface area contributed by atoms with E-state index < -0.39 is 0 Å². The zero-order valence-electron chi connectivity index (χ0n) is 24.3. The van der Waals surface area contributed by atoms with E-state index in [2.05, 4.69) is 60.7 Å². The van der Waals surface area contributed by atoms with Crippen molar-refractivity contribution < 1.29 is 14.7 Å². The molecule has 0 bridgehead atoms. The zero-order chi connectivity index (χ0) is 29.5. The van der Waals surface area contributed by atoms with Gasteiger partial charge in [-0.25, -0.2) is 0 Å². The molecule has 3 rings (SSSR count). The van der Waals surface area contributed by atoms with E-state index in [1.807, 2.05) is 37.3 Å². The summed E-state index contributed by atoms with van der Waals surface area (Å²) in [5, 5.41) is 16.4.